The zero-order valence-electron chi connectivity index (χ0n) is 16.0. The van der Waals surface area contributed by atoms with Gasteiger partial charge in [-0.1, -0.05) is 12.1 Å². The maximum absolute atomic E-state index is 12.9. The van der Waals surface area contributed by atoms with E-state index in [0.29, 0.717) is 24.5 Å². The Morgan fingerprint density at radius 3 is 2.55 bits per heavy atom. The highest BCUT2D eigenvalue weighted by molar-refractivity contribution is 5.91. The highest BCUT2D eigenvalue weighted by Crippen LogP contribution is 2.39. The molecular weight excluding hydrogens is 389 g/mol. The van der Waals surface area contributed by atoms with Crippen molar-refractivity contribution in [1.82, 2.24) is 4.90 Å². The van der Waals surface area contributed by atoms with Crippen molar-refractivity contribution in [2.24, 2.45) is 0 Å². The Kier molecular flexibility index (Phi) is 6.05. The number of anilines is 1. The van der Waals surface area contributed by atoms with Gasteiger partial charge in [0.05, 0.1) is 25.9 Å². The van der Waals surface area contributed by atoms with Crippen molar-refractivity contribution < 1.29 is 32.2 Å². The molecule has 1 N–H and O–H groups in total. The summed E-state index contributed by atoms with van der Waals surface area (Å²) in [6.45, 7) is 0.466. The molecule has 1 aliphatic rings. The van der Waals surface area contributed by atoms with Crippen molar-refractivity contribution in [3.63, 3.8) is 0 Å². The first-order chi connectivity index (χ1) is 13.8. The SMILES string of the molecule is COc1ccc(C2CCCN2C(=O)Nc2ccccc2OC(F)(F)F)c(OC)c1. The molecule has 1 heterocycles. The molecule has 9 heteroatoms. The third-order valence-corrected chi connectivity index (χ3v) is 4.67. The molecule has 156 valence electrons. The van der Waals surface area contributed by atoms with Crippen LogP contribution in [-0.2, 0) is 0 Å². The molecule has 1 aliphatic heterocycles. The molecule has 0 aromatic heterocycles. The van der Waals surface area contributed by atoms with Crippen molar-refractivity contribution in [2.45, 2.75) is 25.2 Å². The predicted octanol–water partition coefficient (Wildman–Crippen LogP) is 4.97. The van der Waals surface area contributed by atoms with Crippen LogP contribution in [0.1, 0.15) is 24.4 Å². The van der Waals surface area contributed by atoms with Gasteiger partial charge in [-0.25, -0.2) is 4.79 Å². The number of methoxy groups -OCH3 is 2. The first kappa shape index (κ1) is 20.6. The smallest absolute Gasteiger partial charge is 0.497 e. The first-order valence-corrected chi connectivity index (χ1v) is 8.96. The highest BCUT2D eigenvalue weighted by atomic mass is 19.4. The van der Waals surface area contributed by atoms with E-state index in [2.05, 4.69) is 10.1 Å². The average molecular weight is 410 g/mol. The lowest BCUT2D eigenvalue weighted by Gasteiger charge is -2.27. The molecule has 2 amide bonds. The van der Waals surface area contributed by atoms with Gasteiger partial charge in [-0.3, -0.25) is 0 Å². The van der Waals surface area contributed by atoms with Gasteiger partial charge in [-0.15, -0.1) is 13.2 Å². The fraction of sp³-hybridized carbons (Fsp3) is 0.350. The standard InChI is InChI=1S/C20H21F3N2O4/c1-27-13-9-10-14(18(12-13)28-2)16-7-5-11-25(16)19(26)24-15-6-3-4-8-17(15)29-20(21,22)23/h3-4,6,8-10,12,16H,5,7,11H2,1-2H3,(H,24,26). The molecule has 1 atom stereocenters. The largest absolute Gasteiger partial charge is 0.573 e. The number of benzene rings is 2. The second-order valence-corrected chi connectivity index (χ2v) is 6.43. The third-order valence-electron chi connectivity index (χ3n) is 4.67. The Morgan fingerprint density at radius 1 is 1.10 bits per heavy atom. The Hall–Kier alpha value is -3.10. The second kappa shape index (κ2) is 8.50. The fourth-order valence-electron chi connectivity index (χ4n) is 3.40. The van der Waals surface area contributed by atoms with E-state index in [1.807, 2.05) is 6.07 Å². The Bertz CT molecular complexity index is 873. The molecule has 3 rings (SSSR count). The van der Waals surface area contributed by atoms with Crippen LogP contribution in [0.5, 0.6) is 17.2 Å². The van der Waals surface area contributed by atoms with Crippen molar-refractivity contribution in [3.05, 3.63) is 48.0 Å². The molecule has 6 nitrogen and oxygen atoms in total. The number of hydrogen-bond acceptors (Lipinski definition) is 4. The van der Waals surface area contributed by atoms with Gasteiger partial charge in [-0.05, 0) is 37.1 Å². The molecule has 0 spiro atoms. The van der Waals surface area contributed by atoms with E-state index in [0.717, 1.165) is 18.1 Å². The van der Waals surface area contributed by atoms with E-state index in [1.165, 1.54) is 25.3 Å². The summed E-state index contributed by atoms with van der Waals surface area (Å²) < 4.78 is 52.5. The molecule has 29 heavy (non-hydrogen) atoms. The fourth-order valence-corrected chi connectivity index (χ4v) is 3.40. The molecule has 0 bridgehead atoms. The van der Waals surface area contributed by atoms with Gasteiger partial charge in [0.2, 0.25) is 0 Å². The van der Waals surface area contributed by atoms with Crippen molar-refractivity contribution in [2.75, 3.05) is 26.1 Å². The van der Waals surface area contributed by atoms with Crippen LogP contribution >= 0.6 is 0 Å². The molecule has 2 aromatic rings. The quantitative estimate of drug-likeness (QED) is 0.756. The summed E-state index contributed by atoms with van der Waals surface area (Å²) in [7, 11) is 3.08. The molecule has 0 radical (unpaired) electrons. The van der Waals surface area contributed by atoms with Crippen LogP contribution in [0.2, 0.25) is 0 Å². The number of hydrogen-bond donors (Lipinski definition) is 1. The number of ether oxygens (including phenoxy) is 3. The number of nitrogens with zero attached hydrogens (tertiary/aromatic N) is 1. The molecule has 0 saturated carbocycles. The Morgan fingerprint density at radius 2 is 1.86 bits per heavy atom. The normalized spacial score (nSPS) is 16.4. The summed E-state index contributed by atoms with van der Waals surface area (Å²) in [4.78, 5) is 14.4. The molecule has 1 fully saturated rings. The summed E-state index contributed by atoms with van der Waals surface area (Å²) in [6, 6.07) is 9.98. The van der Waals surface area contributed by atoms with E-state index >= 15 is 0 Å². The minimum absolute atomic E-state index is 0.0535. The highest BCUT2D eigenvalue weighted by Gasteiger charge is 2.34. The van der Waals surface area contributed by atoms with Crippen LogP contribution in [0, 0.1) is 0 Å². The van der Waals surface area contributed by atoms with Gasteiger partial charge in [0.15, 0.2) is 5.75 Å². The monoisotopic (exact) mass is 410 g/mol. The number of likely N-dealkylation sites (tertiary alicyclic amines) is 1. The van der Waals surface area contributed by atoms with E-state index in [-0.39, 0.29) is 11.7 Å². The Labute approximate surface area is 166 Å². The molecule has 0 aliphatic carbocycles. The van der Waals surface area contributed by atoms with E-state index < -0.39 is 18.1 Å². The number of urea groups is 1. The summed E-state index contributed by atoms with van der Waals surface area (Å²) in [5.74, 6) is 0.735. The Balaban J connectivity index is 1.82. The summed E-state index contributed by atoms with van der Waals surface area (Å²) in [5, 5.41) is 2.53. The topological polar surface area (TPSA) is 60.0 Å². The summed E-state index contributed by atoms with van der Waals surface area (Å²) in [5.41, 5.74) is 0.753. The van der Waals surface area contributed by atoms with Gasteiger partial charge in [-0.2, -0.15) is 0 Å². The van der Waals surface area contributed by atoms with Gasteiger partial charge >= 0.3 is 12.4 Å². The van der Waals surface area contributed by atoms with Crippen molar-refractivity contribution in [3.8, 4) is 17.2 Å². The third kappa shape index (κ3) is 4.85. The molecular formula is C20H21F3N2O4. The van der Waals surface area contributed by atoms with Crippen LogP contribution < -0.4 is 19.5 Å². The summed E-state index contributed by atoms with van der Waals surface area (Å²) in [6.07, 6.45) is -3.39. The average Bonchev–Trinajstić information content (AvgIpc) is 3.17. The zero-order valence-corrected chi connectivity index (χ0v) is 16.0. The number of halogens is 3. The van der Waals surface area contributed by atoms with Gasteiger partial charge in [0.25, 0.3) is 0 Å². The van der Waals surface area contributed by atoms with E-state index in [4.69, 9.17) is 9.47 Å². The second-order valence-electron chi connectivity index (χ2n) is 6.43. The van der Waals surface area contributed by atoms with Gasteiger partial charge in [0.1, 0.15) is 11.5 Å². The van der Waals surface area contributed by atoms with E-state index in [9.17, 15) is 18.0 Å². The maximum Gasteiger partial charge on any atom is 0.573 e. The number of amides is 2. The van der Waals surface area contributed by atoms with Crippen LogP contribution in [0.15, 0.2) is 42.5 Å². The number of carbonyl (C=O) groups excluding carboxylic acids is 1. The number of rotatable bonds is 5. The maximum atomic E-state index is 12.9. The predicted molar refractivity (Wildman–Crippen MR) is 100 cm³/mol. The number of para-hydroxylation sites is 2. The van der Waals surface area contributed by atoms with Gasteiger partial charge < -0.3 is 24.4 Å². The van der Waals surface area contributed by atoms with Crippen molar-refractivity contribution >= 4 is 11.7 Å². The number of carbonyl (C=O) groups is 1. The van der Waals surface area contributed by atoms with Crippen LogP contribution in [0.3, 0.4) is 0 Å². The lowest BCUT2D eigenvalue weighted by Crippen LogP contribution is -2.34. The lowest BCUT2D eigenvalue weighted by molar-refractivity contribution is -0.274. The van der Waals surface area contributed by atoms with E-state index in [1.54, 1.807) is 24.1 Å². The first-order valence-electron chi connectivity index (χ1n) is 8.96. The lowest BCUT2D eigenvalue weighted by atomic mass is 10.0. The number of nitrogens with one attached hydrogen (secondary N) is 1. The number of alkyl halides is 3. The zero-order chi connectivity index (χ0) is 21.0. The summed E-state index contributed by atoms with van der Waals surface area (Å²) >= 11 is 0. The van der Waals surface area contributed by atoms with Crippen LogP contribution in [-0.4, -0.2) is 38.1 Å². The minimum atomic E-state index is -4.85. The van der Waals surface area contributed by atoms with Crippen LogP contribution in [0.25, 0.3) is 0 Å². The van der Waals surface area contributed by atoms with Crippen molar-refractivity contribution in [1.29, 1.82) is 0 Å². The van der Waals surface area contributed by atoms with Crippen LogP contribution in [0.4, 0.5) is 23.7 Å². The molecule has 1 unspecified atom stereocenters. The molecule has 1 saturated heterocycles. The minimum Gasteiger partial charge on any atom is -0.497 e. The van der Waals surface area contributed by atoms with Gasteiger partial charge in [0, 0.05) is 18.2 Å². The molecule has 2 aromatic carbocycles.